The van der Waals surface area contributed by atoms with Gasteiger partial charge < -0.3 is 15.5 Å². The van der Waals surface area contributed by atoms with Crippen LogP contribution in [0.1, 0.15) is 44.2 Å². The van der Waals surface area contributed by atoms with Gasteiger partial charge in [-0.05, 0) is 49.0 Å². The number of nitrogens with one attached hydrogen (secondary N) is 2. The largest absolute Gasteiger partial charge is 0.362 e. The van der Waals surface area contributed by atoms with E-state index in [-0.39, 0.29) is 5.91 Å². The average molecular weight is 334 g/mol. The standard InChI is InChI=1S/C18H27N3OS/c1-3-14-8-5-9-15(4-2)17(14)20-18(23)19-11-7-13-21-12-6-10-16(21)22/h5,8-9H,3-4,6-7,10-13H2,1-2H3,(H2,19,20,23). The van der Waals surface area contributed by atoms with Gasteiger partial charge in [0.25, 0.3) is 0 Å². The van der Waals surface area contributed by atoms with Crippen LogP contribution in [-0.4, -0.2) is 35.6 Å². The number of hydrogen-bond acceptors (Lipinski definition) is 2. The Morgan fingerprint density at radius 3 is 2.52 bits per heavy atom. The molecule has 1 saturated heterocycles. The predicted octanol–water partition coefficient (Wildman–Crippen LogP) is 3.11. The van der Waals surface area contributed by atoms with Crippen LogP contribution >= 0.6 is 12.2 Å². The third-order valence-electron chi connectivity index (χ3n) is 4.30. The molecule has 1 amide bonds. The molecule has 2 N–H and O–H groups in total. The number of benzene rings is 1. The maximum absolute atomic E-state index is 11.6. The molecule has 1 fully saturated rings. The highest BCUT2D eigenvalue weighted by molar-refractivity contribution is 7.80. The number of para-hydroxylation sites is 1. The second-order valence-corrected chi connectivity index (χ2v) is 6.29. The normalized spacial score (nSPS) is 14.2. The van der Waals surface area contributed by atoms with Crippen LogP contribution in [0.25, 0.3) is 0 Å². The molecule has 0 spiro atoms. The molecule has 0 atom stereocenters. The minimum absolute atomic E-state index is 0.287. The van der Waals surface area contributed by atoms with E-state index in [0.29, 0.717) is 11.5 Å². The third kappa shape index (κ3) is 4.93. The van der Waals surface area contributed by atoms with Gasteiger partial charge in [-0.3, -0.25) is 4.79 Å². The van der Waals surface area contributed by atoms with Gasteiger partial charge in [-0.15, -0.1) is 0 Å². The summed E-state index contributed by atoms with van der Waals surface area (Å²) in [5, 5.41) is 7.27. The van der Waals surface area contributed by atoms with E-state index in [9.17, 15) is 4.79 Å². The van der Waals surface area contributed by atoms with Crippen molar-refractivity contribution in [2.24, 2.45) is 0 Å². The van der Waals surface area contributed by atoms with E-state index >= 15 is 0 Å². The highest BCUT2D eigenvalue weighted by Crippen LogP contribution is 2.22. The molecule has 23 heavy (non-hydrogen) atoms. The van der Waals surface area contributed by atoms with Crippen LogP contribution < -0.4 is 10.6 Å². The van der Waals surface area contributed by atoms with E-state index in [1.54, 1.807) is 0 Å². The lowest BCUT2D eigenvalue weighted by molar-refractivity contribution is -0.127. The fourth-order valence-electron chi connectivity index (χ4n) is 2.97. The van der Waals surface area contributed by atoms with Crippen LogP contribution in [0.2, 0.25) is 0 Å². The molecule has 1 aliphatic rings. The number of thiocarbonyl (C=S) groups is 1. The molecule has 1 aromatic carbocycles. The first-order chi connectivity index (χ1) is 11.2. The fourth-order valence-corrected chi connectivity index (χ4v) is 3.18. The monoisotopic (exact) mass is 333 g/mol. The lowest BCUT2D eigenvalue weighted by Crippen LogP contribution is -2.33. The molecule has 1 aromatic rings. The van der Waals surface area contributed by atoms with Crippen molar-refractivity contribution in [3.63, 3.8) is 0 Å². The van der Waals surface area contributed by atoms with Crippen molar-refractivity contribution < 1.29 is 4.79 Å². The van der Waals surface area contributed by atoms with E-state index in [1.807, 2.05) is 4.90 Å². The Morgan fingerprint density at radius 1 is 1.26 bits per heavy atom. The average Bonchev–Trinajstić information content (AvgIpc) is 2.97. The van der Waals surface area contributed by atoms with E-state index < -0.39 is 0 Å². The molecule has 1 aliphatic heterocycles. The molecule has 0 aliphatic carbocycles. The van der Waals surface area contributed by atoms with Crippen LogP contribution in [0, 0.1) is 0 Å². The van der Waals surface area contributed by atoms with E-state index in [1.165, 1.54) is 11.1 Å². The molecule has 1 heterocycles. The van der Waals surface area contributed by atoms with Crippen molar-refractivity contribution in [2.75, 3.05) is 25.0 Å². The summed E-state index contributed by atoms with van der Waals surface area (Å²) < 4.78 is 0. The summed E-state index contributed by atoms with van der Waals surface area (Å²) in [6.45, 7) is 6.82. The van der Waals surface area contributed by atoms with Gasteiger partial charge in [0.2, 0.25) is 5.91 Å². The number of amides is 1. The van der Waals surface area contributed by atoms with Gasteiger partial charge in [-0.25, -0.2) is 0 Å². The Bertz CT molecular complexity index is 537. The number of anilines is 1. The highest BCUT2D eigenvalue weighted by atomic mass is 32.1. The van der Waals surface area contributed by atoms with Gasteiger partial charge >= 0.3 is 0 Å². The van der Waals surface area contributed by atoms with Crippen LogP contribution in [0.4, 0.5) is 5.69 Å². The summed E-state index contributed by atoms with van der Waals surface area (Å²) in [5.41, 5.74) is 3.72. The summed E-state index contributed by atoms with van der Waals surface area (Å²) in [6, 6.07) is 6.39. The second-order valence-electron chi connectivity index (χ2n) is 5.88. The highest BCUT2D eigenvalue weighted by Gasteiger charge is 2.18. The number of hydrogen-bond donors (Lipinski definition) is 2. The molecule has 0 aromatic heterocycles. The Morgan fingerprint density at radius 2 is 1.96 bits per heavy atom. The van der Waals surface area contributed by atoms with Gasteiger partial charge in [0.15, 0.2) is 5.11 Å². The van der Waals surface area contributed by atoms with Crippen LogP contribution in [-0.2, 0) is 17.6 Å². The first-order valence-electron chi connectivity index (χ1n) is 8.59. The second kappa shape index (κ2) is 8.87. The molecule has 0 unspecified atom stereocenters. The number of carbonyl (C=O) groups is 1. The lowest BCUT2D eigenvalue weighted by Gasteiger charge is -2.18. The fraction of sp³-hybridized carbons (Fsp3) is 0.556. The predicted molar refractivity (Wildman–Crippen MR) is 99.9 cm³/mol. The van der Waals surface area contributed by atoms with Crippen molar-refractivity contribution in [3.8, 4) is 0 Å². The Kier molecular flexibility index (Phi) is 6.84. The summed E-state index contributed by atoms with van der Waals surface area (Å²) in [7, 11) is 0. The molecule has 4 nitrogen and oxygen atoms in total. The summed E-state index contributed by atoms with van der Waals surface area (Å²) in [6.07, 6.45) is 4.59. The van der Waals surface area contributed by atoms with E-state index in [2.05, 4.69) is 42.7 Å². The number of rotatable bonds is 7. The number of likely N-dealkylation sites (tertiary alicyclic amines) is 1. The Hall–Kier alpha value is -1.62. The van der Waals surface area contributed by atoms with E-state index in [4.69, 9.17) is 12.2 Å². The first kappa shape index (κ1) is 17.7. The number of carbonyl (C=O) groups excluding carboxylic acids is 1. The molecule has 126 valence electrons. The number of aryl methyl sites for hydroxylation is 2. The van der Waals surface area contributed by atoms with Crippen molar-refractivity contribution in [1.29, 1.82) is 0 Å². The topological polar surface area (TPSA) is 44.4 Å². The summed E-state index contributed by atoms with van der Waals surface area (Å²) >= 11 is 5.42. The molecule has 0 bridgehead atoms. The molecule has 5 heteroatoms. The lowest BCUT2D eigenvalue weighted by atomic mass is 10.0. The molecular formula is C18H27N3OS. The van der Waals surface area contributed by atoms with Crippen LogP contribution in [0.3, 0.4) is 0 Å². The Balaban J connectivity index is 1.79. The molecule has 0 saturated carbocycles. The zero-order valence-electron chi connectivity index (χ0n) is 14.2. The van der Waals surface area contributed by atoms with Crippen molar-refractivity contribution in [3.05, 3.63) is 29.3 Å². The van der Waals surface area contributed by atoms with Gasteiger partial charge in [-0.1, -0.05) is 32.0 Å². The van der Waals surface area contributed by atoms with Crippen LogP contribution in [0.15, 0.2) is 18.2 Å². The smallest absolute Gasteiger partial charge is 0.222 e. The summed E-state index contributed by atoms with van der Waals surface area (Å²) in [5.74, 6) is 0.287. The quantitative estimate of drug-likeness (QED) is 0.594. The van der Waals surface area contributed by atoms with E-state index in [0.717, 1.165) is 51.0 Å². The zero-order chi connectivity index (χ0) is 16.7. The maximum atomic E-state index is 11.6. The zero-order valence-corrected chi connectivity index (χ0v) is 15.0. The van der Waals surface area contributed by atoms with Crippen LogP contribution in [0.5, 0.6) is 0 Å². The van der Waals surface area contributed by atoms with Gasteiger partial charge in [0.05, 0.1) is 0 Å². The molecule has 2 rings (SSSR count). The Labute approximate surface area is 144 Å². The van der Waals surface area contributed by atoms with Gasteiger partial charge in [-0.2, -0.15) is 0 Å². The van der Waals surface area contributed by atoms with Crippen molar-refractivity contribution in [1.82, 2.24) is 10.2 Å². The van der Waals surface area contributed by atoms with Crippen molar-refractivity contribution in [2.45, 2.75) is 46.0 Å². The number of nitrogens with zero attached hydrogens (tertiary/aromatic N) is 1. The third-order valence-corrected chi connectivity index (χ3v) is 4.55. The first-order valence-corrected chi connectivity index (χ1v) is 9.00. The SMILES string of the molecule is CCc1cccc(CC)c1NC(=S)NCCCN1CCCC1=O. The minimum atomic E-state index is 0.287. The molecular weight excluding hydrogens is 306 g/mol. The maximum Gasteiger partial charge on any atom is 0.222 e. The van der Waals surface area contributed by atoms with Crippen molar-refractivity contribution >= 4 is 28.9 Å². The van der Waals surface area contributed by atoms with Gasteiger partial charge in [0, 0.05) is 31.7 Å². The van der Waals surface area contributed by atoms with Gasteiger partial charge in [0.1, 0.15) is 0 Å². The summed E-state index contributed by atoms with van der Waals surface area (Å²) in [4.78, 5) is 13.5. The molecule has 0 radical (unpaired) electrons. The minimum Gasteiger partial charge on any atom is -0.362 e.